The summed E-state index contributed by atoms with van der Waals surface area (Å²) in [5.41, 5.74) is 1.72. The number of carbonyl (C=O) groups is 2. The molecule has 0 spiro atoms. The molecule has 3 aromatic carbocycles. The van der Waals surface area contributed by atoms with Crippen LogP contribution in [-0.2, 0) is 22.6 Å². The zero-order chi connectivity index (χ0) is 26.9. The lowest BCUT2D eigenvalue weighted by Crippen LogP contribution is -2.53. The molecule has 1 atom stereocenters. The number of benzene rings is 3. The van der Waals surface area contributed by atoms with Crippen molar-refractivity contribution in [1.29, 1.82) is 0 Å². The quantitative estimate of drug-likeness (QED) is 0.312. The van der Waals surface area contributed by atoms with Crippen molar-refractivity contribution in [2.24, 2.45) is 0 Å². The van der Waals surface area contributed by atoms with Crippen LogP contribution < -0.4 is 14.8 Å². The minimum Gasteiger partial charge on any atom is -0.493 e. The van der Waals surface area contributed by atoms with Crippen LogP contribution >= 0.6 is 23.2 Å². The second-order valence-electron chi connectivity index (χ2n) is 9.41. The molecule has 6 nitrogen and oxygen atoms in total. The summed E-state index contributed by atoms with van der Waals surface area (Å²) in [5, 5.41) is 4.00. The number of hydrogen-bond donors (Lipinski definition) is 1. The topological polar surface area (TPSA) is 67.9 Å². The number of rotatable bonds is 11. The van der Waals surface area contributed by atoms with Gasteiger partial charge in [0.2, 0.25) is 5.91 Å². The molecule has 0 aliphatic heterocycles. The molecule has 0 radical (unpaired) electrons. The summed E-state index contributed by atoms with van der Waals surface area (Å²) in [7, 11) is 1.55. The molecule has 0 heterocycles. The molecule has 3 aromatic rings. The number of ether oxygens (including phenoxy) is 2. The average Bonchev–Trinajstić information content (AvgIpc) is 3.45. The molecular weight excluding hydrogens is 523 g/mol. The Kier molecular flexibility index (Phi) is 9.91. The molecular formula is C30H32Cl2N2O4. The Hall–Kier alpha value is -3.22. The Morgan fingerprint density at radius 1 is 0.921 bits per heavy atom. The van der Waals surface area contributed by atoms with Gasteiger partial charge in [-0.3, -0.25) is 9.59 Å². The molecule has 1 N–H and O–H groups in total. The van der Waals surface area contributed by atoms with Crippen LogP contribution in [0.2, 0.25) is 10.0 Å². The van der Waals surface area contributed by atoms with Gasteiger partial charge in [0.15, 0.2) is 18.1 Å². The van der Waals surface area contributed by atoms with E-state index in [1.54, 1.807) is 36.3 Å². The number of nitrogens with zero attached hydrogens (tertiary/aromatic N) is 1. The summed E-state index contributed by atoms with van der Waals surface area (Å²) in [4.78, 5) is 29.1. The Balaban J connectivity index is 1.63. The third kappa shape index (κ3) is 7.42. The van der Waals surface area contributed by atoms with Crippen molar-refractivity contribution >= 4 is 35.0 Å². The van der Waals surface area contributed by atoms with Crippen molar-refractivity contribution in [2.45, 2.75) is 50.7 Å². The van der Waals surface area contributed by atoms with E-state index in [1.807, 2.05) is 48.5 Å². The van der Waals surface area contributed by atoms with Gasteiger partial charge >= 0.3 is 0 Å². The van der Waals surface area contributed by atoms with Gasteiger partial charge < -0.3 is 19.7 Å². The molecule has 1 aliphatic rings. The van der Waals surface area contributed by atoms with Gasteiger partial charge in [-0.05, 0) is 48.2 Å². The van der Waals surface area contributed by atoms with Crippen molar-refractivity contribution < 1.29 is 19.1 Å². The Morgan fingerprint density at radius 2 is 1.61 bits per heavy atom. The van der Waals surface area contributed by atoms with E-state index in [1.165, 1.54) is 0 Å². The highest BCUT2D eigenvalue weighted by Gasteiger charge is 2.32. The van der Waals surface area contributed by atoms with E-state index in [4.69, 9.17) is 32.7 Å². The van der Waals surface area contributed by atoms with Crippen LogP contribution in [0.25, 0.3) is 0 Å². The number of halogens is 2. The highest BCUT2D eigenvalue weighted by atomic mass is 35.5. The molecule has 2 amide bonds. The fourth-order valence-corrected chi connectivity index (χ4v) is 5.04. The maximum absolute atomic E-state index is 13.8. The van der Waals surface area contributed by atoms with E-state index in [0.29, 0.717) is 28.0 Å². The Labute approximate surface area is 233 Å². The minimum absolute atomic E-state index is 0.118. The lowest BCUT2D eigenvalue weighted by atomic mass is 10.0. The molecule has 0 aromatic heterocycles. The van der Waals surface area contributed by atoms with Gasteiger partial charge in [0.05, 0.1) is 17.2 Å². The molecule has 1 saturated carbocycles. The first-order valence-electron chi connectivity index (χ1n) is 12.8. The molecule has 1 aliphatic carbocycles. The van der Waals surface area contributed by atoms with E-state index >= 15 is 0 Å². The van der Waals surface area contributed by atoms with Gasteiger partial charge in [-0.25, -0.2) is 0 Å². The lowest BCUT2D eigenvalue weighted by molar-refractivity contribution is -0.143. The highest BCUT2D eigenvalue weighted by Crippen LogP contribution is 2.27. The van der Waals surface area contributed by atoms with E-state index in [0.717, 1.165) is 36.8 Å². The van der Waals surface area contributed by atoms with Gasteiger partial charge in [-0.15, -0.1) is 0 Å². The maximum atomic E-state index is 13.8. The zero-order valence-electron chi connectivity index (χ0n) is 21.4. The van der Waals surface area contributed by atoms with Gasteiger partial charge in [0, 0.05) is 19.0 Å². The Morgan fingerprint density at radius 3 is 2.29 bits per heavy atom. The molecule has 4 rings (SSSR count). The van der Waals surface area contributed by atoms with Crippen molar-refractivity contribution in [3.05, 3.63) is 94.0 Å². The molecule has 8 heteroatoms. The standard InChI is InChI=1S/C30H32Cl2N2O4/c1-37-27-13-7-8-14-28(27)38-20-29(35)34(19-22-15-16-24(31)25(32)17-22)26(18-21-9-3-2-4-10-21)30(36)33-23-11-5-6-12-23/h2-4,7-10,13-17,23,26H,5-6,11-12,18-20H2,1H3,(H,33,36). The second kappa shape index (κ2) is 13.5. The van der Waals surface area contributed by atoms with Crippen LogP contribution in [0.1, 0.15) is 36.8 Å². The fraction of sp³-hybridized carbons (Fsp3) is 0.333. The third-order valence-corrected chi connectivity index (χ3v) is 7.47. The number of methoxy groups -OCH3 is 1. The molecule has 0 saturated heterocycles. The third-order valence-electron chi connectivity index (χ3n) is 6.73. The summed E-state index contributed by atoms with van der Waals surface area (Å²) in [6.45, 7) is -0.0930. The molecule has 1 unspecified atom stereocenters. The fourth-order valence-electron chi connectivity index (χ4n) is 4.72. The van der Waals surface area contributed by atoms with Crippen molar-refractivity contribution in [1.82, 2.24) is 10.2 Å². The molecule has 38 heavy (non-hydrogen) atoms. The second-order valence-corrected chi connectivity index (χ2v) is 10.2. The molecule has 200 valence electrons. The van der Waals surface area contributed by atoms with Gasteiger partial charge in [-0.2, -0.15) is 0 Å². The van der Waals surface area contributed by atoms with E-state index in [-0.39, 0.29) is 31.0 Å². The Bertz CT molecular complexity index is 1230. The summed E-state index contributed by atoms with van der Waals surface area (Å²) in [6, 6.07) is 21.4. The average molecular weight is 556 g/mol. The first kappa shape index (κ1) is 27.8. The first-order chi connectivity index (χ1) is 18.4. The van der Waals surface area contributed by atoms with E-state index in [9.17, 15) is 9.59 Å². The normalized spacial score (nSPS) is 14.1. The summed E-state index contributed by atoms with van der Waals surface area (Å²) in [6.07, 6.45) is 4.43. The van der Waals surface area contributed by atoms with Crippen molar-refractivity contribution in [3.8, 4) is 11.5 Å². The van der Waals surface area contributed by atoms with Crippen LogP contribution in [0.3, 0.4) is 0 Å². The number of amides is 2. The number of nitrogens with one attached hydrogen (secondary N) is 1. The van der Waals surface area contributed by atoms with E-state index in [2.05, 4.69) is 5.32 Å². The minimum atomic E-state index is -0.749. The van der Waals surface area contributed by atoms with Gasteiger partial charge in [0.25, 0.3) is 5.91 Å². The number of para-hydroxylation sites is 2. The largest absolute Gasteiger partial charge is 0.493 e. The predicted octanol–water partition coefficient (Wildman–Crippen LogP) is 6.08. The van der Waals surface area contributed by atoms with Crippen LogP contribution in [-0.4, -0.2) is 42.5 Å². The number of carbonyl (C=O) groups excluding carboxylic acids is 2. The first-order valence-corrected chi connectivity index (χ1v) is 13.5. The monoisotopic (exact) mass is 554 g/mol. The maximum Gasteiger partial charge on any atom is 0.261 e. The van der Waals surface area contributed by atoms with Crippen LogP contribution in [0.5, 0.6) is 11.5 Å². The smallest absolute Gasteiger partial charge is 0.261 e. The SMILES string of the molecule is COc1ccccc1OCC(=O)N(Cc1ccc(Cl)c(Cl)c1)C(Cc1ccccc1)C(=O)NC1CCCC1. The molecule has 1 fully saturated rings. The molecule has 0 bridgehead atoms. The summed E-state index contributed by atoms with van der Waals surface area (Å²) < 4.78 is 11.2. The van der Waals surface area contributed by atoms with Crippen molar-refractivity contribution in [3.63, 3.8) is 0 Å². The van der Waals surface area contributed by atoms with Crippen LogP contribution in [0.15, 0.2) is 72.8 Å². The van der Waals surface area contributed by atoms with Crippen molar-refractivity contribution in [2.75, 3.05) is 13.7 Å². The zero-order valence-corrected chi connectivity index (χ0v) is 22.9. The van der Waals surface area contributed by atoms with Gasteiger partial charge in [-0.1, -0.05) is 84.6 Å². The lowest BCUT2D eigenvalue weighted by Gasteiger charge is -2.32. The summed E-state index contributed by atoms with van der Waals surface area (Å²) in [5.74, 6) is 0.472. The number of hydrogen-bond acceptors (Lipinski definition) is 4. The van der Waals surface area contributed by atoms with Gasteiger partial charge in [0.1, 0.15) is 6.04 Å². The predicted molar refractivity (Wildman–Crippen MR) is 150 cm³/mol. The highest BCUT2D eigenvalue weighted by molar-refractivity contribution is 6.42. The summed E-state index contributed by atoms with van der Waals surface area (Å²) >= 11 is 12.4. The van der Waals surface area contributed by atoms with E-state index < -0.39 is 6.04 Å². The van der Waals surface area contributed by atoms with Crippen LogP contribution in [0, 0.1) is 0 Å². The van der Waals surface area contributed by atoms with Crippen LogP contribution in [0.4, 0.5) is 0 Å².